The number of fused-ring (bicyclic) bond motifs is 1. The number of aromatic nitrogens is 2. The third kappa shape index (κ3) is 3.70. The SMILES string of the molecule is O=C(Nc1ccc2c(c1)OCCO2)c1cnc(N2CCC3(CC2)OCCO3)nc1. The molecule has 29 heavy (non-hydrogen) atoms. The molecule has 2 aromatic rings. The fraction of sp³-hybridized carbons (Fsp3) is 0.450. The molecule has 1 aromatic heterocycles. The minimum atomic E-state index is -0.431. The number of carbonyl (C=O) groups is 1. The lowest BCUT2D eigenvalue weighted by Crippen LogP contribution is -2.45. The van der Waals surface area contributed by atoms with E-state index in [1.54, 1.807) is 30.6 Å². The Labute approximate surface area is 167 Å². The molecule has 3 aliphatic rings. The number of rotatable bonds is 3. The van der Waals surface area contributed by atoms with E-state index in [4.69, 9.17) is 18.9 Å². The van der Waals surface area contributed by atoms with Crippen LogP contribution in [-0.2, 0) is 9.47 Å². The van der Waals surface area contributed by atoms with E-state index in [0.29, 0.717) is 55.1 Å². The van der Waals surface area contributed by atoms with E-state index < -0.39 is 5.79 Å². The summed E-state index contributed by atoms with van der Waals surface area (Å²) in [5.41, 5.74) is 1.01. The second-order valence-corrected chi connectivity index (χ2v) is 7.18. The summed E-state index contributed by atoms with van der Waals surface area (Å²) < 4.78 is 22.5. The molecule has 3 aliphatic heterocycles. The second-order valence-electron chi connectivity index (χ2n) is 7.18. The predicted octanol–water partition coefficient (Wildman–Crippen LogP) is 1.84. The van der Waals surface area contributed by atoms with Gasteiger partial charge in [-0.25, -0.2) is 9.97 Å². The molecular weight excluding hydrogens is 376 g/mol. The maximum absolute atomic E-state index is 12.5. The second kappa shape index (κ2) is 7.49. The van der Waals surface area contributed by atoms with Gasteiger partial charge in [0.1, 0.15) is 13.2 Å². The van der Waals surface area contributed by atoms with Crippen molar-refractivity contribution >= 4 is 17.5 Å². The van der Waals surface area contributed by atoms with Gasteiger partial charge >= 0.3 is 0 Å². The Morgan fingerprint density at radius 3 is 2.38 bits per heavy atom. The van der Waals surface area contributed by atoms with Gasteiger partial charge in [-0.05, 0) is 12.1 Å². The number of ether oxygens (including phenoxy) is 4. The van der Waals surface area contributed by atoms with Crippen LogP contribution < -0.4 is 19.7 Å². The van der Waals surface area contributed by atoms with Crippen molar-refractivity contribution in [2.24, 2.45) is 0 Å². The first-order valence-electron chi connectivity index (χ1n) is 9.77. The van der Waals surface area contributed by atoms with Crippen LogP contribution in [-0.4, -0.2) is 61.2 Å². The number of benzene rings is 1. The zero-order valence-electron chi connectivity index (χ0n) is 15.9. The van der Waals surface area contributed by atoms with Gasteiger partial charge in [0.05, 0.1) is 18.8 Å². The van der Waals surface area contributed by atoms with Crippen molar-refractivity contribution in [3.63, 3.8) is 0 Å². The summed E-state index contributed by atoms with van der Waals surface area (Å²) >= 11 is 0. The van der Waals surface area contributed by atoms with Crippen molar-refractivity contribution in [3.8, 4) is 11.5 Å². The fourth-order valence-corrected chi connectivity index (χ4v) is 3.76. The van der Waals surface area contributed by atoms with Crippen LogP contribution in [0.5, 0.6) is 11.5 Å². The number of hydrogen-bond acceptors (Lipinski definition) is 8. The molecule has 0 atom stereocenters. The lowest BCUT2D eigenvalue weighted by molar-refractivity contribution is -0.169. The first-order valence-corrected chi connectivity index (χ1v) is 9.77. The average Bonchev–Trinajstić information content (AvgIpc) is 3.22. The maximum Gasteiger partial charge on any atom is 0.258 e. The molecule has 152 valence electrons. The van der Waals surface area contributed by atoms with E-state index in [1.165, 1.54) is 0 Å². The van der Waals surface area contributed by atoms with Crippen LogP contribution >= 0.6 is 0 Å². The standard InChI is InChI=1S/C20H22N4O5/c25-18(23-15-1-2-16-17(11-15)27-8-7-26-16)14-12-21-19(22-13-14)24-5-3-20(4-6-24)28-9-10-29-20/h1-2,11-13H,3-10H2,(H,23,25). The topological polar surface area (TPSA) is 95.0 Å². The highest BCUT2D eigenvalue weighted by Crippen LogP contribution is 2.33. The van der Waals surface area contributed by atoms with E-state index in [9.17, 15) is 4.79 Å². The number of piperidine rings is 1. The van der Waals surface area contributed by atoms with Crippen molar-refractivity contribution in [1.82, 2.24) is 9.97 Å². The van der Waals surface area contributed by atoms with Crippen LogP contribution in [0.4, 0.5) is 11.6 Å². The van der Waals surface area contributed by atoms with Gasteiger partial charge in [0, 0.05) is 50.1 Å². The van der Waals surface area contributed by atoms with Crippen LogP contribution in [0.3, 0.4) is 0 Å². The normalized spacial score (nSPS) is 19.9. The third-order valence-electron chi connectivity index (χ3n) is 5.32. The number of nitrogens with one attached hydrogen (secondary N) is 1. The summed E-state index contributed by atoms with van der Waals surface area (Å²) in [5.74, 6) is 1.20. The summed E-state index contributed by atoms with van der Waals surface area (Å²) in [6, 6.07) is 5.31. The minimum Gasteiger partial charge on any atom is -0.486 e. The number of hydrogen-bond donors (Lipinski definition) is 1. The predicted molar refractivity (Wildman–Crippen MR) is 103 cm³/mol. The van der Waals surface area contributed by atoms with Crippen LogP contribution in [0.25, 0.3) is 0 Å². The molecule has 5 rings (SSSR count). The molecule has 2 saturated heterocycles. The van der Waals surface area contributed by atoms with Crippen molar-refractivity contribution in [2.75, 3.05) is 49.7 Å². The Hall–Kier alpha value is -2.91. The number of amides is 1. The van der Waals surface area contributed by atoms with E-state index >= 15 is 0 Å². The van der Waals surface area contributed by atoms with E-state index in [0.717, 1.165) is 25.9 Å². The largest absolute Gasteiger partial charge is 0.486 e. The molecule has 0 unspecified atom stereocenters. The molecule has 1 amide bonds. The zero-order valence-corrected chi connectivity index (χ0v) is 15.9. The van der Waals surface area contributed by atoms with Gasteiger partial charge in [-0.2, -0.15) is 0 Å². The van der Waals surface area contributed by atoms with Crippen molar-refractivity contribution < 1.29 is 23.7 Å². The first kappa shape index (κ1) is 18.1. The molecule has 9 heteroatoms. The summed E-state index contributed by atoms with van der Waals surface area (Å²) in [6.45, 7) is 3.84. The Kier molecular flexibility index (Phi) is 4.69. The fourth-order valence-electron chi connectivity index (χ4n) is 3.76. The molecule has 0 radical (unpaired) electrons. The Balaban J connectivity index is 1.21. The average molecular weight is 398 g/mol. The molecule has 1 aromatic carbocycles. The van der Waals surface area contributed by atoms with E-state index in [1.807, 2.05) is 0 Å². The van der Waals surface area contributed by atoms with Crippen molar-refractivity contribution in [1.29, 1.82) is 0 Å². The van der Waals surface area contributed by atoms with Crippen LogP contribution in [0.2, 0.25) is 0 Å². The quantitative estimate of drug-likeness (QED) is 0.837. The minimum absolute atomic E-state index is 0.279. The van der Waals surface area contributed by atoms with Gasteiger partial charge in [-0.15, -0.1) is 0 Å². The lowest BCUT2D eigenvalue weighted by Gasteiger charge is -2.37. The summed E-state index contributed by atoms with van der Waals surface area (Å²) in [7, 11) is 0. The summed E-state index contributed by atoms with van der Waals surface area (Å²) in [6.07, 6.45) is 4.65. The van der Waals surface area contributed by atoms with Crippen LogP contribution in [0, 0.1) is 0 Å². The monoisotopic (exact) mass is 398 g/mol. The molecule has 1 spiro atoms. The molecule has 2 fully saturated rings. The van der Waals surface area contributed by atoms with Gasteiger partial charge in [0.25, 0.3) is 5.91 Å². The summed E-state index contributed by atoms with van der Waals surface area (Å²) in [4.78, 5) is 23.4. The van der Waals surface area contributed by atoms with Gasteiger partial charge in [-0.1, -0.05) is 0 Å². The third-order valence-corrected chi connectivity index (χ3v) is 5.32. The van der Waals surface area contributed by atoms with E-state index in [-0.39, 0.29) is 5.91 Å². The Morgan fingerprint density at radius 1 is 0.966 bits per heavy atom. The van der Waals surface area contributed by atoms with Gasteiger partial charge in [0.2, 0.25) is 5.95 Å². The summed E-state index contributed by atoms with van der Waals surface area (Å²) in [5, 5.41) is 2.84. The highest BCUT2D eigenvalue weighted by atomic mass is 16.7. The van der Waals surface area contributed by atoms with Crippen molar-refractivity contribution in [2.45, 2.75) is 18.6 Å². The van der Waals surface area contributed by atoms with Crippen LogP contribution in [0.15, 0.2) is 30.6 Å². The first-order chi connectivity index (χ1) is 14.2. The zero-order chi connectivity index (χ0) is 19.7. The molecule has 1 N–H and O–H groups in total. The maximum atomic E-state index is 12.5. The number of nitrogens with zero attached hydrogens (tertiary/aromatic N) is 3. The number of carbonyl (C=O) groups excluding carboxylic acids is 1. The van der Waals surface area contributed by atoms with Crippen LogP contribution in [0.1, 0.15) is 23.2 Å². The molecule has 0 aliphatic carbocycles. The highest BCUT2D eigenvalue weighted by Gasteiger charge is 2.40. The highest BCUT2D eigenvalue weighted by molar-refractivity contribution is 6.04. The lowest BCUT2D eigenvalue weighted by atomic mass is 10.0. The smallest absolute Gasteiger partial charge is 0.258 e. The Morgan fingerprint density at radius 2 is 1.66 bits per heavy atom. The Bertz CT molecular complexity index is 888. The molecule has 0 saturated carbocycles. The molecule has 4 heterocycles. The van der Waals surface area contributed by atoms with Gasteiger partial charge in [0.15, 0.2) is 17.3 Å². The van der Waals surface area contributed by atoms with Gasteiger partial charge < -0.3 is 29.2 Å². The molecular formula is C20H22N4O5. The van der Waals surface area contributed by atoms with Gasteiger partial charge in [-0.3, -0.25) is 4.79 Å². The van der Waals surface area contributed by atoms with Crippen molar-refractivity contribution in [3.05, 3.63) is 36.2 Å². The molecule has 0 bridgehead atoms. The molecule has 9 nitrogen and oxygen atoms in total. The van der Waals surface area contributed by atoms with E-state index in [2.05, 4.69) is 20.2 Å². The number of anilines is 2.